The summed E-state index contributed by atoms with van der Waals surface area (Å²) < 4.78 is 0. The van der Waals surface area contributed by atoms with E-state index in [2.05, 4.69) is 151 Å². The average Bonchev–Trinajstić information content (AvgIpc) is 2.87. The Morgan fingerprint density at radius 1 is 0.389 bits per heavy atom. The van der Waals surface area contributed by atoms with E-state index in [0.29, 0.717) is 0 Å². The molecule has 0 unspecified atom stereocenters. The van der Waals surface area contributed by atoms with Crippen molar-refractivity contribution in [2.24, 2.45) is 0 Å². The van der Waals surface area contributed by atoms with Gasteiger partial charge in [-0.2, -0.15) is 0 Å². The molecular weight excluding hydrogens is 470 g/mol. The van der Waals surface area contributed by atoms with Crippen LogP contribution in [0, 0.1) is 0 Å². The number of hydrogen-bond donors (Lipinski definition) is 0. The number of benzene rings is 4. The summed E-state index contributed by atoms with van der Waals surface area (Å²) in [5.41, 5.74) is 3.15. The minimum absolute atomic E-state index is 0.171. The fraction of sp³-hybridized carbons (Fsp3) is 0.294. The standard InChI is InChI=1S/C34H40P2/c1-33(2,3)27-17-21-31(22-18-27)36(32-23-19-28(20-24-32)34(4,5)6)26-25-35(29-13-9-7-10-14-29)30-15-11-8-12-16-30/h7-24H,25-26H2,1-6H3. The van der Waals surface area contributed by atoms with E-state index in [1.54, 1.807) is 0 Å². The molecule has 0 atom stereocenters. The van der Waals surface area contributed by atoms with Crippen LogP contribution < -0.4 is 21.2 Å². The Hall–Kier alpha value is -2.26. The Bertz CT molecular complexity index is 1120. The lowest BCUT2D eigenvalue weighted by atomic mass is 9.87. The lowest BCUT2D eigenvalue weighted by Gasteiger charge is -2.26. The molecule has 0 radical (unpaired) electrons. The van der Waals surface area contributed by atoms with Gasteiger partial charge in [-0.1, -0.05) is 151 Å². The fourth-order valence-corrected chi connectivity index (χ4v) is 9.82. The Morgan fingerprint density at radius 3 is 0.944 bits per heavy atom. The van der Waals surface area contributed by atoms with E-state index in [1.807, 2.05) is 0 Å². The quantitative estimate of drug-likeness (QED) is 0.222. The highest BCUT2D eigenvalue weighted by molar-refractivity contribution is 7.76. The lowest BCUT2D eigenvalue weighted by molar-refractivity contribution is 0.590. The molecule has 0 saturated carbocycles. The third-order valence-electron chi connectivity index (χ3n) is 6.77. The molecule has 2 heteroatoms. The lowest BCUT2D eigenvalue weighted by Crippen LogP contribution is -2.21. The van der Waals surface area contributed by atoms with Crippen molar-refractivity contribution < 1.29 is 0 Å². The van der Waals surface area contributed by atoms with Crippen molar-refractivity contribution in [2.75, 3.05) is 12.3 Å². The monoisotopic (exact) mass is 510 g/mol. The summed E-state index contributed by atoms with van der Waals surface area (Å²) in [6.45, 7) is 13.8. The maximum absolute atomic E-state index is 2.40. The minimum atomic E-state index is -0.444. The van der Waals surface area contributed by atoms with Gasteiger partial charge in [-0.05, 0) is 71.3 Å². The minimum Gasteiger partial charge on any atom is -0.0622 e. The highest BCUT2D eigenvalue weighted by atomic mass is 31.1. The first kappa shape index (κ1) is 26.8. The zero-order valence-corrected chi connectivity index (χ0v) is 24.5. The average molecular weight is 511 g/mol. The van der Waals surface area contributed by atoms with E-state index in [4.69, 9.17) is 0 Å². The molecule has 186 valence electrons. The van der Waals surface area contributed by atoms with Crippen molar-refractivity contribution in [3.63, 3.8) is 0 Å². The van der Waals surface area contributed by atoms with Crippen LogP contribution in [0.4, 0.5) is 0 Å². The van der Waals surface area contributed by atoms with Gasteiger partial charge in [-0.25, -0.2) is 0 Å². The topological polar surface area (TPSA) is 0 Å². The second-order valence-corrected chi connectivity index (χ2v) is 16.2. The first-order chi connectivity index (χ1) is 17.1. The zero-order valence-electron chi connectivity index (χ0n) is 22.7. The Labute approximate surface area is 221 Å². The van der Waals surface area contributed by atoms with Crippen molar-refractivity contribution >= 4 is 37.1 Å². The second kappa shape index (κ2) is 11.4. The van der Waals surface area contributed by atoms with Crippen molar-refractivity contribution in [1.29, 1.82) is 0 Å². The number of rotatable bonds is 7. The van der Waals surface area contributed by atoms with Crippen molar-refractivity contribution in [1.82, 2.24) is 0 Å². The molecule has 36 heavy (non-hydrogen) atoms. The molecule has 0 bridgehead atoms. The van der Waals surface area contributed by atoms with Gasteiger partial charge in [-0.3, -0.25) is 0 Å². The third-order valence-corrected chi connectivity index (χ3v) is 12.2. The highest BCUT2D eigenvalue weighted by Crippen LogP contribution is 2.41. The van der Waals surface area contributed by atoms with Gasteiger partial charge in [-0.15, -0.1) is 0 Å². The maximum atomic E-state index is 2.40. The summed E-state index contributed by atoms with van der Waals surface area (Å²) in [5.74, 6) is 0. The molecule has 0 N–H and O–H groups in total. The summed E-state index contributed by atoms with van der Waals surface area (Å²) in [4.78, 5) is 0. The Kier molecular flexibility index (Phi) is 8.50. The molecule has 0 saturated heterocycles. The summed E-state index contributed by atoms with van der Waals surface area (Å²) in [7, 11) is -0.842. The van der Waals surface area contributed by atoms with E-state index >= 15 is 0 Å². The van der Waals surface area contributed by atoms with E-state index in [1.165, 1.54) is 44.7 Å². The molecule has 0 spiro atoms. The Balaban J connectivity index is 1.68. The summed E-state index contributed by atoms with van der Waals surface area (Å²) in [5, 5.41) is 5.91. The predicted molar refractivity (Wildman–Crippen MR) is 165 cm³/mol. The molecule has 0 aromatic heterocycles. The largest absolute Gasteiger partial charge is 0.0622 e. The molecule has 4 rings (SSSR count). The second-order valence-electron chi connectivity index (χ2n) is 11.6. The van der Waals surface area contributed by atoms with Crippen LogP contribution in [0.2, 0.25) is 0 Å². The molecule has 0 aliphatic carbocycles. The molecule has 0 heterocycles. The molecule has 0 fully saturated rings. The summed E-state index contributed by atoms with van der Waals surface area (Å²) in [6, 6.07) is 41.3. The smallest absolute Gasteiger partial charge is 0.0132 e. The van der Waals surface area contributed by atoms with E-state index in [-0.39, 0.29) is 10.8 Å². The normalized spacial score (nSPS) is 12.3. The molecule has 0 aliphatic heterocycles. The molecular formula is C34H40P2. The van der Waals surface area contributed by atoms with Crippen LogP contribution >= 0.6 is 15.8 Å². The SMILES string of the molecule is CC(C)(C)c1ccc(P(CCP(c2ccccc2)c2ccccc2)c2ccc(C(C)(C)C)cc2)cc1. The van der Waals surface area contributed by atoms with E-state index in [9.17, 15) is 0 Å². The molecule has 0 nitrogen and oxygen atoms in total. The fourth-order valence-electron chi connectivity index (χ4n) is 4.51. The predicted octanol–water partition coefficient (Wildman–Crippen LogP) is 7.85. The Morgan fingerprint density at radius 2 is 0.667 bits per heavy atom. The molecule has 4 aromatic carbocycles. The molecule has 0 amide bonds. The van der Waals surface area contributed by atoms with Crippen molar-refractivity contribution in [3.8, 4) is 0 Å². The third kappa shape index (κ3) is 6.73. The van der Waals surface area contributed by atoms with Gasteiger partial charge < -0.3 is 0 Å². The van der Waals surface area contributed by atoms with Gasteiger partial charge in [0.1, 0.15) is 0 Å². The van der Waals surface area contributed by atoms with Crippen LogP contribution in [-0.2, 0) is 10.8 Å². The van der Waals surface area contributed by atoms with Crippen LogP contribution in [-0.4, -0.2) is 12.3 Å². The van der Waals surface area contributed by atoms with Gasteiger partial charge in [0, 0.05) is 0 Å². The van der Waals surface area contributed by atoms with Gasteiger partial charge in [0.15, 0.2) is 0 Å². The summed E-state index contributed by atoms with van der Waals surface area (Å²) in [6.07, 6.45) is 2.38. The van der Waals surface area contributed by atoms with Crippen molar-refractivity contribution in [2.45, 2.75) is 52.4 Å². The molecule has 4 aromatic rings. The maximum Gasteiger partial charge on any atom is -0.0132 e. The van der Waals surface area contributed by atoms with Crippen LogP contribution in [0.3, 0.4) is 0 Å². The summed E-state index contributed by atoms with van der Waals surface area (Å²) >= 11 is 0. The van der Waals surface area contributed by atoms with Gasteiger partial charge in [0.2, 0.25) is 0 Å². The van der Waals surface area contributed by atoms with Crippen LogP contribution in [0.1, 0.15) is 52.7 Å². The van der Waals surface area contributed by atoms with Crippen LogP contribution in [0.15, 0.2) is 109 Å². The van der Waals surface area contributed by atoms with Gasteiger partial charge in [0.05, 0.1) is 0 Å². The van der Waals surface area contributed by atoms with Gasteiger partial charge in [0.25, 0.3) is 0 Å². The van der Waals surface area contributed by atoms with E-state index in [0.717, 1.165) is 0 Å². The van der Waals surface area contributed by atoms with Crippen LogP contribution in [0.25, 0.3) is 0 Å². The van der Waals surface area contributed by atoms with Crippen LogP contribution in [0.5, 0.6) is 0 Å². The van der Waals surface area contributed by atoms with Crippen molar-refractivity contribution in [3.05, 3.63) is 120 Å². The zero-order chi connectivity index (χ0) is 25.8. The van der Waals surface area contributed by atoms with E-state index < -0.39 is 15.8 Å². The number of hydrogen-bond acceptors (Lipinski definition) is 0. The highest BCUT2D eigenvalue weighted by Gasteiger charge is 2.21. The van der Waals surface area contributed by atoms with Gasteiger partial charge >= 0.3 is 0 Å². The first-order valence-electron chi connectivity index (χ1n) is 13.0. The first-order valence-corrected chi connectivity index (χ1v) is 16.0. The molecule has 0 aliphatic rings.